The Kier molecular flexibility index (Phi) is 6.87. The minimum Gasteiger partial charge on any atom is -0.487 e. The van der Waals surface area contributed by atoms with Crippen molar-refractivity contribution in [1.82, 2.24) is 19.7 Å². The first-order valence-electron chi connectivity index (χ1n) is 11.5. The zero-order valence-electron chi connectivity index (χ0n) is 20.6. The molecule has 5 aromatic rings. The zero-order valence-corrected chi connectivity index (χ0v) is 21.4. The van der Waals surface area contributed by atoms with E-state index in [1.54, 1.807) is 29.2 Å². The maximum atomic E-state index is 14.4. The maximum Gasteiger partial charge on any atom is 0.284 e. The standard InChI is InChI=1S/C28H24FN5O2S/c1-34-16-23(18-11-13-30-14-12-18)27(32-34)19-7-9-20(10-8-19)36-17-26-22(28(35)33-37(2)3)15-21-24(29)5-4-6-25(21)31-26/h4-16H,17H2,1-3H3. The Morgan fingerprint density at radius 2 is 1.81 bits per heavy atom. The van der Waals surface area contributed by atoms with Gasteiger partial charge < -0.3 is 4.74 Å². The number of fused-ring (bicyclic) bond motifs is 1. The summed E-state index contributed by atoms with van der Waals surface area (Å²) in [5, 5.41) is 4.92. The molecular formula is C28H24FN5O2S. The van der Waals surface area contributed by atoms with E-state index in [9.17, 15) is 9.18 Å². The molecule has 9 heteroatoms. The van der Waals surface area contributed by atoms with Gasteiger partial charge in [0.1, 0.15) is 23.9 Å². The molecule has 37 heavy (non-hydrogen) atoms. The number of rotatable bonds is 6. The number of amides is 1. The van der Waals surface area contributed by atoms with E-state index in [0.29, 0.717) is 17.0 Å². The molecule has 5 rings (SSSR count). The van der Waals surface area contributed by atoms with E-state index >= 15 is 0 Å². The van der Waals surface area contributed by atoms with Gasteiger partial charge >= 0.3 is 0 Å². The van der Waals surface area contributed by atoms with Crippen molar-refractivity contribution in [2.24, 2.45) is 11.4 Å². The Hall–Kier alpha value is -4.24. The molecule has 0 spiro atoms. The lowest BCUT2D eigenvalue weighted by molar-refractivity contribution is 0.100. The lowest BCUT2D eigenvalue weighted by Crippen LogP contribution is -2.09. The van der Waals surface area contributed by atoms with E-state index in [-0.39, 0.29) is 17.6 Å². The minimum atomic E-state index is -0.467. The van der Waals surface area contributed by atoms with E-state index in [1.165, 1.54) is 12.1 Å². The molecule has 0 unspecified atom stereocenters. The van der Waals surface area contributed by atoms with Crippen LogP contribution in [0.1, 0.15) is 16.1 Å². The van der Waals surface area contributed by atoms with Gasteiger partial charge in [-0.15, -0.1) is 0 Å². The van der Waals surface area contributed by atoms with E-state index in [1.807, 2.05) is 62.2 Å². The average molecular weight is 514 g/mol. The van der Waals surface area contributed by atoms with E-state index in [0.717, 1.165) is 22.4 Å². The number of benzene rings is 2. The van der Waals surface area contributed by atoms with Crippen molar-refractivity contribution in [3.63, 3.8) is 0 Å². The number of carbonyl (C=O) groups is 1. The first-order valence-corrected chi connectivity index (χ1v) is 13.5. The van der Waals surface area contributed by atoms with Crippen molar-refractivity contribution in [3.8, 4) is 28.1 Å². The average Bonchev–Trinajstić information content (AvgIpc) is 3.29. The summed E-state index contributed by atoms with van der Waals surface area (Å²) >= 11 is 0. The highest BCUT2D eigenvalue weighted by atomic mass is 32.2. The van der Waals surface area contributed by atoms with Crippen molar-refractivity contribution in [3.05, 3.63) is 96.3 Å². The van der Waals surface area contributed by atoms with Crippen LogP contribution < -0.4 is 4.74 Å². The highest BCUT2D eigenvalue weighted by molar-refractivity contribution is 7.86. The SMILES string of the molecule is Cn1cc(-c2ccncc2)c(-c2ccc(OCc3nc4cccc(F)c4cc3C(=O)N=S(C)C)cc2)n1. The monoisotopic (exact) mass is 513 g/mol. The molecule has 0 aliphatic carbocycles. The predicted molar refractivity (Wildman–Crippen MR) is 144 cm³/mol. The fourth-order valence-electron chi connectivity index (χ4n) is 4.01. The molecule has 0 radical (unpaired) electrons. The highest BCUT2D eigenvalue weighted by Crippen LogP contribution is 2.31. The van der Waals surface area contributed by atoms with Gasteiger partial charge in [0, 0.05) is 42.2 Å². The largest absolute Gasteiger partial charge is 0.487 e. The van der Waals surface area contributed by atoms with E-state index < -0.39 is 22.4 Å². The van der Waals surface area contributed by atoms with Gasteiger partial charge in [0.15, 0.2) is 0 Å². The van der Waals surface area contributed by atoms with Gasteiger partial charge in [-0.25, -0.2) is 9.37 Å². The van der Waals surface area contributed by atoms with Crippen molar-refractivity contribution < 1.29 is 13.9 Å². The van der Waals surface area contributed by atoms with Crippen molar-refractivity contribution in [2.45, 2.75) is 6.61 Å². The first-order chi connectivity index (χ1) is 17.9. The number of aromatic nitrogens is 4. The summed E-state index contributed by atoms with van der Waals surface area (Å²) in [7, 11) is 1.42. The summed E-state index contributed by atoms with van der Waals surface area (Å²) in [6, 6.07) is 17.6. The van der Waals surface area contributed by atoms with Gasteiger partial charge in [-0.3, -0.25) is 14.5 Å². The molecule has 0 fully saturated rings. The predicted octanol–water partition coefficient (Wildman–Crippen LogP) is 5.62. The fraction of sp³-hybridized carbons (Fsp3) is 0.143. The molecule has 0 saturated heterocycles. The lowest BCUT2D eigenvalue weighted by atomic mass is 10.0. The smallest absolute Gasteiger partial charge is 0.284 e. The van der Waals surface area contributed by atoms with Crippen LogP contribution in [0.2, 0.25) is 0 Å². The van der Waals surface area contributed by atoms with Gasteiger partial charge in [0.05, 0.1) is 16.8 Å². The summed E-state index contributed by atoms with van der Waals surface area (Å²) in [5.41, 5.74) is 4.92. The third-order valence-electron chi connectivity index (χ3n) is 5.70. The third-order valence-corrected chi connectivity index (χ3v) is 6.24. The Morgan fingerprint density at radius 3 is 2.54 bits per heavy atom. The van der Waals surface area contributed by atoms with Crippen molar-refractivity contribution in [1.29, 1.82) is 0 Å². The Labute approximate surface area is 216 Å². The summed E-state index contributed by atoms with van der Waals surface area (Å²) in [4.78, 5) is 21.4. The van der Waals surface area contributed by atoms with Crippen LogP contribution in [0.25, 0.3) is 33.3 Å². The number of carbonyl (C=O) groups excluding carboxylic acids is 1. The molecule has 3 heterocycles. The Bertz CT molecular complexity index is 1630. The van der Waals surface area contributed by atoms with Crippen LogP contribution in [0.3, 0.4) is 0 Å². The van der Waals surface area contributed by atoms with Crippen LogP contribution in [0, 0.1) is 5.82 Å². The van der Waals surface area contributed by atoms with Gasteiger partial charge in [0.2, 0.25) is 0 Å². The number of hydrogen-bond donors (Lipinski definition) is 0. The second-order valence-corrected chi connectivity index (χ2v) is 10.3. The van der Waals surface area contributed by atoms with E-state index in [2.05, 4.69) is 19.4 Å². The molecule has 0 aliphatic rings. The van der Waals surface area contributed by atoms with Gasteiger partial charge in [-0.05, 0) is 72.7 Å². The molecular weight excluding hydrogens is 489 g/mol. The molecule has 0 saturated carbocycles. The van der Waals surface area contributed by atoms with Crippen LogP contribution in [-0.2, 0) is 24.3 Å². The molecule has 2 aromatic carbocycles. The second-order valence-electron chi connectivity index (χ2n) is 8.57. The summed E-state index contributed by atoms with van der Waals surface area (Å²) in [6.45, 7) is 0.0372. The number of nitrogens with zero attached hydrogens (tertiary/aromatic N) is 5. The zero-order chi connectivity index (χ0) is 25.9. The molecule has 1 amide bonds. The Balaban J connectivity index is 1.42. The molecule has 186 valence electrons. The molecule has 7 nitrogen and oxygen atoms in total. The van der Waals surface area contributed by atoms with Crippen molar-refractivity contribution >= 4 is 27.5 Å². The summed E-state index contributed by atoms with van der Waals surface area (Å²) in [5.74, 6) is -0.263. The molecule has 3 aromatic heterocycles. The first kappa shape index (κ1) is 24.5. The number of halogens is 1. The van der Waals surface area contributed by atoms with Crippen LogP contribution in [-0.4, -0.2) is 38.2 Å². The number of pyridine rings is 2. The third kappa shape index (κ3) is 5.31. The maximum absolute atomic E-state index is 14.4. The lowest BCUT2D eigenvalue weighted by Gasteiger charge is -2.11. The van der Waals surface area contributed by atoms with Crippen LogP contribution in [0.4, 0.5) is 4.39 Å². The van der Waals surface area contributed by atoms with Crippen LogP contribution in [0.15, 0.2) is 83.6 Å². The van der Waals surface area contributed by atoms with Crippen molar-refractivity contribution in [2.75, 3.05) is 12.5 Å². The molecule has 0 N–H and O–H groups in total. The fourth-order valence-corrected chi connectivity index (χ4v) is 4.44. The minimum absolute atomic E-state index is 0.0372. The summed E-state index contributed by atoms with van der Waals surface area (Å²) < 4.78 is 26.3. The number of ether oxygens (including phenoxy) is 1. The van der Waals surface area contributed by atoms with Crippen LogP contribution >= 0.6 is 0 Å². The summed E-state index contributed by atoms with van der Waals surface area (Å²) in [6.07, 6.45) is 9.17. The molecule has 0 aliphatic heterocycles. The van der Waals surface area contributed by atoms with Gasteiger partial charge in [-0.2, -0.15) is 9.46 Å². The molecule has 0 atom stereocenters. The molecule has 0 bridgehead atoms. The number of aryl methyl sites for hydroxylation is 1. The van der Waals surface area contributed by atoms with E-state index in [4.69, 9.17) is 4.74 Å². The quantitative estimate of drug-likeness (QED) is 0.294. The normalized spacial score (nSPS) is 11.2. The second kappa shape index (κ2) is 10.4. The highest BCUT2D eigenvalue weighted by Gasteiger charge is 2.17. The van der Waals surface area contributed by atoms with Gasteiger partial charge in [0.25, 0.3) is 5.91 Å². The Morgan fingerprint density at radius 1 is 1.05 bits per heavy atom. The topological polar surface area (TPSA) is 82.3 Å². The van der Waals surface area contributed by atoms with Gasteiger partial charge in [-0.1, -0.05) is 16.8 Å². The van der Waals surface area contributed by atoms with Crippen LogP contribution in [0.5, 0.6) is 5.75 Å². The number of hydrogen-bond acceptors (Lipinski definition) is 5.